The molecule has 21 rings (SSSR count). The maximum Gasteiger partial charge on any atom is 0.373 e. The number of unbranched alkanes of at least 4 members (excludes halogenated alkanes) is 6. The van der Waals surface area contributed by atoms with Crippen LogP contribution in [0.3, 0.4) is 0 Å². The summed E-state index contributed by atoms with van der Waals surface area (Å²) in [5, 5.41) is 13.5. The van der Waals surface area contributed by atoms with E-state index in [1.165, 1.54) is 73.0 Å². The molecule has 6 saturated heterocycles. The highest BCUT2D eigenvalue weighted by molar-refractivity contribution is 7.02. The molecule has 3 unspecified atom stereocenters. The minimum Gasteiger partial charge on any atom is -0.441 e. The quantitative estimate of drug-likeness (QED) is 0.0123. The van der Waals surface area contributed by atoms with E-state index in [0.717, 1.165) is 160 Å². The Morgan fingerprint density at radius 3 is 0.864 bits per heavy atom. The van der Waals surface area contributed by atoms with Crippen molar-refractivity contribution in [2.75, 3.05) is 186 Å². The Labute approximate surface area is 876 Å². The summed E-state index contributed by atoms with van der Waals surface area (Å²) >= 11 is 11.4. The Bertz CT molecular complexity index is 6340. The molecule has 147 heavy (non-hydrogen) atoms. The summed E-state index contributed by atoms with van der Waals surface area (Å²) < 4.78 is 42.5. The highest BCUT2D eigenvalue weighted by atomic mass is 35.5. The second-order valence-electron chi connectivity index (χ2n) is 43.9. The lowest BCUT2D eigenvalue weighted by Gasteiger charge is -2.46. The SMILES string of the molecule is CC(=O)C1CN(c2ccc3c(c2)[Si](C)(C)c2cc(N4CCC4)ccc2C32OC(=O)c3ccc(C(=O)NCCOCCOCCCCCCCl)cc32)C1.CC(=O)C1CN(c2ccc3c(c2)[Si](C)(C)c2cc(N4CCC4)ccc2C32OC(=O)c3ccc(C(=O)NCCOCCOCCCCCCCl)cc32)C1.CC(=O)C1CN(c2ccc3c(c2)[Si](C)(C)c2cc(N4CCC4)ccc2C32OC(=O)c3ccc(C(C)(C)C)cc32)C1.O=C=O. The van der Waals surface area contributed by atoms with Gasteiger partial charge in [-0.3, -0.25) is 24.0 Å². The Morgan fingerprint density at radius 2 is 0.605 bits per heavy atom. The van der Waals surface area contributed by atoms with Gasteiger partial charge in [-0.15, -0.1) is 23.2 Å². The second kappa shape index (κ2) is 43.6. The molecule has 0 aliphatic carbocycles. The first-order chi connectivity index (χ1) is 70.6. The molecule has 12 aliphatic heterocycles. The predicted molar refractivity (Wildman–Crippen MR) is 584 cm³/mol. The predicted octanol–water partition coefficient (Wildman–Crippen LogP) is 14.4. The van der Waals surface area contributed by atoms with E-state index in [-0.39, 0.29) is 64.5 Å². The molecule has 0 aromatic heterocycles. The monoisotopic (exact) mass is 2080 g/mol. The number of halogens is 2. The summed E-state index contributed by atoms with van der Waals surface area (Å²) in [4.78, 5) is 134. The van der Waals surface area contributed by atoms with Crippen LogP contribution in [0.4, 0.5) is 34.1 Å². The van der Waals surface area contributed by atoms with E-state index in [2.05, 4.69) is 221 Å². The zero-order valence-electron chi connectivity index (χ0n) is 86.9. The van der Waals surface area contributed by atoms with Gasteiger partial charge in [-0.1, -0.05) is 128 Å². The van der Waals surface area contributed by atoms with Crippen LogP contribution in [0.2, 0.25) is 39.3 Å². The number of rotatable bonds is 35. The molecule has 30 heteroatoms. The van der Waals surface area contributed by atoms with E-state index in [1.54, 1.807) is 45.0 Å². The molecule has 9 aromatic carbocycles. The lowest BCUT2D eigenvalue weighted by atomic mass is 9.76. The van der Waals surface area contributed by atoms with Crippen molar-refractivity contribution in [3.63, 3.8) is 0 Å². The van der Waals surface area contributed by atoms with Gasteiger partial charge >= 0.3 is 24.1 Å². The number of anilines is 6. The van der Waals surface area contributed by atoms with E-state index in [1.807, 2.05) is 18.2 Å². The average molecular weight is 2080 g/mol. The third-order valence-electron chi connectivity index (χ3n) is 32.6. The molecule has 3 spiro atoms. The summed E-state index contributed by atoms with van der Waals surface area (Å²) in [7, 11) is -6.87. The number of fused-ring (bicyclic) bond motifs is 18. The number of carbonyl (C=O) groups excluding carboxylic acids is 10. The lowest BCUT2D eigenvalue weighted by Crippen LogP contribution is -2.63. The van der Waals surface area contributed by atoms with E-state index in [9.17, 15) is 38.4 Å². The van der Waals surface area contributed by atoms with Crippen LogP contribution < -0.4 is 71.2 Å². The van der Waals surface area contributed by atoms with Crippen molar-refractivity contribution in [1.29, 1.82) is 0 Å². The van der Waals surface area contributed by atoms with Crippen LogP contribution in [0.25, 0.3) is 0 Å². The summed E-state index contributed by atoms with van der Waals surface area (Å²) in [5.74, 6) is 0.859. The number of hydrogen-bond donors (Lipinski definition) is 2. The molecular formula is C117H138Cl2N8O17Si3. The van der Waals surface area contributed by atoms with Crippen molar-refractivity contribution in [1.82, 2.24) is 10.6 Å². The van der Waals surface area contributed by atoms with Crippen molar-refractivity contribution < 1.29 is 81.1 Å². The molecule has 6 fully saturated rings. The van der Waals surface area contributed by atoms with Gasteiger partial charge in [0, 0.05) is 212 Å². The number of benzene rings is 9. The number of carbonyl (C=O) groups is 8. The van der Waals surface area contributed by atoms with Gasteiger partial charge in [-0.2, -0.15) is 9.59 Å². The maximum absolute atomic E-state index is 13.8. The molecule has 0 saturated carbocycles. The van der Waals surface area contributed by atoms with E-state index in [0.29, 0.717) is 143 Å². The van der Waals surface area contributed by atoms with Crippen molar-refractivity contribution in [2.24, 2.45) is 17.8 Å². The summed E-state index contributed by atoms with van der Waals surface area (Å²) in [6.45, 7) is 41.5. The molecule has 2 N–H and O–H groups in total. The highest BCUT2D eigenvalue weighted by Gasteiger charge is 2.61. The Morgan fingerprint density at radius 1 is 0.347 bits per heavy atom. The number of Topliss-reactive ketones (excluding diaryl/α,β-unsaturated/α-hetero) is 3. The number of hydrogen-bond acceptors (Lipinski definition) is 23. The number of alkyl halides is 2. The van der Waals surface area contributed by atoms with E-state index >= 15 is 0 Å². The van der Waals surface area contributed by atoms with Crippen LogP contribution >= 0.6 is 23.2 Å². The van der Waals surface area contributed by atoms with Gasteiger partial charge in [-0.25, -0.2) is 14.4 Å². The van der Waals surface area contributed by atoms with Gasteiger partial charge in [0.15, 0.2) is 16.8 Å². The van der Waals surface area contributed by atoms with Gasteiger partial charge in [0.25, 0.3) is 11.8 Å². The van der Waals surface area contributed by atoms with Crippen LogP contribution in [0, 0.1) is 17.8 Å². The largest absolute Gasteiger partial charge is 0.441 e. The Hall–Kier alpha value is -11.4. The smallest absolute Gasteiger partial charge is 0.373 e. The molecule has 25 nitrogen and oxygen atoms in total. The molecule has 12 aliphatic rings. The van der Waals surface area contributed by atoms with Crippen molar-refractivity contribution in [3.05, 3.63) is 247 Å². The van der Waals surface area contributed by atoms with Crippen LogP contribution in [0.5, 0.6) is 0 Å². The van der Waals surface area contributed by atoms with Crippen molar-refractivity contribution in [3.8, 4) is 0 Å². The summed E-state index contributed by atoms with van der Waals surface area (Å²) in [6, 6.07) is 56.6. The van der Waals surface area contributed by atoms with Crippen LogP contribution in [-0.2, 0) is 79.3 Å². The number of nitrogens with one attached hydrogen (secondary N) is 2. The van der Waals surface area contributed by atoms with Gasteiger partial charge in [0.05, 0.1) is 74.1 Å². The first-order valence-corrected chi connectivity index (χ1v) is 62.7. The molecule has 2 amide bonds. The molecule has 774 valence electrons. The second-order valence-corrected chi connectivity index (χ2v) is 57.6. The number of nitrogens with zero attached hydrogens (tertiary/aromatic N) is 6. The minimum absolute atomic E-state index is 0.0618. The molecule has 0 bridgehead atoms. The first kappa shape index (κ1) is 105. The first-order valence-electron chi connectivity index (χ1n) is 52.7. The Balaban J connectivity index is 0.000000144. The minimum atomic E-state index is -2.34. The van der Waals surface area contributed by atoms with Gasteiger partial charge in [0.2, 0.25) is 0 Å². The van der Waals surface area contributed by atoms with Crippen LogP contribution in [0.15, 0.2) is 164 Å². The molecule has 12 heterocycles. The van der Waals surface area contributed by atoms with E-state index in [4.69, 9.17) is 65.9 Å². The fourth-order valence-corrected chi connectivity index (χ4v) is 33.0. The summed E-state index contributed by atoms with van der Waals surface area (Å²) in [6.07, 6.45) is 12.4. The van der Waals surface area contributed by atoms with Gasteiger partial charge in [-0.05, 0) is 229 Å². The van der Waals surface area contributed by atoms with Gasteiger partial charge < -0.3 is 73.2 Å². The number of ketones is 3. The molecule has 0 radical (unpaired) electrons. The van der Waals surface area contributed by atoms with Gasteiger partial charge in [0.1, 0.15) is 41.6 Å². The standard InChI is InChI=1S/2C41H50ClN3O6Si.C34H38N2O3Si.CO2/c2*1-28(46)30-26-45(27-30)32-11-14-35-38(25-32)52(2,3)37-24-31(44-17-8-18-44)10-13-34(37)41(35)36-23-29(9-12-33(36)40(48)51-41)39(47)43-16-20-50-22-21-49-19-7-5-4-6-15-42;1-21(37)22-19-36(20-22)25-10-13-28-31(18-25)40(5,6)30-17-24(35-14-7-15-35)9-12-27(30)34(28)29-16-23(33(2,3)4)8-11-26(29)32(38)39-34;2-1-3/h2*9-14,23-25,30H,4-8,15-22,26-27H2,1-3H3,(H,43,47);8-13,16-18,22H,7,14-15,19-20H2,1-6H3;. The fraction of sp³-hybridized carbons (Fsp3) is 0.462. The van der Waals surface area contributed by atoms with Crippen LogP contribution in [0.1, 0.15) is 220 Å². The lowest BCUT2D eigenvalue weighted by molar-refractivity contribution is -0.191. The molecule has 3 atom stereocenters. The van der Waals surface area contributed by atoms with E-state index < -0.39 is 53.0 Å². The van der Waals surface area contributed by atoms with Crippen molar-refractivity contribution >= 4 is 166 Å². The number of ether oxygens (including phenoxy) is 7. The zero-order valence-corrected chi connectivity index (χ0v) is 91.5. The summed E-state index contributed by atoms with van der Waals surface area (Å²) in [5.41, 5.74) is 15.7. The maximum atomic E-state index is 13.8. The third kappa shape index (κ3) is 20.2. The number of amides is 2. The highest BCUT2D eigenvalue weighted by Crippen LogP contribution is 2.55. The van der Waals surface area contributed by atoms with Crippen LogP contribution in [-0.4, -0.2) is 234 Å². The molecule has 9 aromatic rings. The Kier molecular flexibility index (Phi) is 31.3. The third-order valence-corrected chi connectivity index (χ3v) is 43.7. The topological polar surface area (TPSA) is 279 Å². The number of esters is 3. The fourth-order valence-electron chi connectivity index (χ4n) is 23.1. The molecular weight excluding hydrogens is 1940 g/mol. The van der Waals surface area contributed by atoms with Crippen molar-refractivity contribution in [2.45, 2.75) is 174 Å². The normalized spacial score (nSPS) is 20.2. The zero-order chi connectivity index (χ0) is 104. The average Bonchev–Trinajstić information content (AvgIpc) is 1.59.